The van der Waals surface area contributed by atoms with Crippen LogP contribution in [-0.4, -0.2) is 62.2 Å². The molecule has 3 aliphatic rings. The van der Waals surface area contributed by atoms with Gasteiger partial charge in [-0.15, -0.1) is 0 Å². The van der Waals surface area contributed by atoms with Crippen LogP contribution in [0.4, 0.5) is 17.1 Å². The number of carbonyl (C=O) groups is 3. The fourth-order valence-electron chi connectivity index (χ4n) is 9.82. The number of fused-ring (bicyclic) bond motifs is 3. The number of hydrogen-bond donors (Lipinski definition) is 1. The summed E-state index contributed by atoms with van der Waals surface area (Å²) in [7, 11) is -0.916. The Labute approximate surface area is 345 Å². The zero-order valence-corrected chi connectivity index (χ0v) is 34.9. The van der Waals surface area contributed by atoms with E-state index >= 15 is 4.79 Å². The number of carbonyl (C=O) groups excluding carboxylic acids is 3. The zero-order valence-electron chi connectivity index (χ0n) is 33.2. The molecule has 5 atom stereocenters. The third-order valence-electron chi connectivity index (χ3n) is 12.7. The second kappa shape index (κ2) is 15.8. The largest absolute Gasteiger partial charge is 0.497 e. The summed E-state index contributed by atoms with van der Waals surface area (Å²) < 4.78 is 12.8. The number of halogens is 1. The summed E-state index contributed by atoms with van der Waals surface area (Å²) in [6.07, 6.45) is 0.788. The van der Waals surface area contributed by atoms with E-state index in [-0.39, 0.29) is 48.9 Å². The average molecular weight is 814 g/mol. The van der Waals surface area contributed by atoms with Gasteiger partial charge in [0, 0.05) is 34.4 Å². The van der Waals surface area contributed by atoms with Gasteiger partial charge in [0.15, 0.2) is 5.60 Å². The molecule has 1 spiro atoms. The van der Waals surface area contributed by atoms with Crippen LogP contribution >= 0.6 is 11.6 Å². The van der Waals surface area contributed by atoms with Crippen LogP contribution in [0.5, 0.6) is 5.75 Å². The van der Waals surface area contributed by atoms with Crippen molar-refractivity contribution in [1.29, 1.82) is 0 Å². The number of ether oxygens (including phenoxy) is 2. The molecule has 3 aliphatic heterocycles. The van der Waals surface area contributed by atoms with E-state index in [9.17, 15) is 14.7 Å². The molecule has 1 N–H and O–H groups in total. The summed E-state index contributed by atoms with van der Waals surface area (Å²) in [5.41, 5.74) is 4.22. The van der Waals surface area contributed by atoms with E-state index in [1.54, 1.807) is 27.9 Å². The van der Waals surface area contributed by atoms with Gasteiger partial charge < -0.3 is 24.4 Å². The molecule has 11 heteroatoms. The first-order valence-corrected chi connectivity index (χ1v) is 23.3. The first-order chi connectivity index (χ1) is 28.0. The highest BCUT2D eigenvalue weighted by atomic mass is 35.5. The Bertz CT molecular complexity index is 2340. The Balaban J connectivity index is 1.18. The zero-order chi connectivity index (χ0) is 40.8. The molecule has 9 nitrogen and oxygen atoms in total. The van der Waals surface area contributed by atoms with E-state index in [0.717, 1.165) is 39.7 Å². The number of aliphatic hydroxyl groups is 1. The lowest BCUT2D eigenvalue weighted by atomic mass is 9.82. The molecule has 3 amide bonds. The first-order valence-electron chi connectivity index (χ1n) is 19.8. The van der Waals surface area contributed by atoms with E-state index in [1.807, 2.05) is 97.1 Å². The predicted molar refractivity (Wildman–Crippen MR) is 229 cm³/mol. The molecule has 0 aromatic heterocycles. The summed E-state index contributed by atoms with van der Waals surface area (Å²) in [5, 5.41) is 12.1. The lowest BCUT2D eigenvalue weighted by Crippen LogP contribution is -2.52. The maximum Gasteiger partial charge on any atom is 0.264 e. The second-order valence-electron chi connectivity index (χ2n) is 16.2. The van der Waals surface area contributed by atoms with Crippen LogP contribution in [0.15, 0.2) is 121 Å². The maximum absolute atomic E-state index is 15.4. The highest BCUT2D eigenvalue weighted by Gasteiger charge is 2.66. The van der Waals surface area contributed by atoms with Crippen LogP contribution in [0, 0.1) is 5.92 Å². The second-order valence-corrected chi connectivity index (χ2v) is 21.3. The quantitative estimate of drug-likeness (QED) is 0.108. The highest BCUT2D eigenvalue weighted by Crippen LogP contribution is 2.60. The minimum atomic E-state index is -2.56. The topological polar surface area (TPSA) is 99.6 Å². The molecule has 8 rings (SSSR count). The Morgan fingerprint density at radius 2 is 1.66 bits per heavy atom. The lowest BCUT2D eigenvalue weighted by molar-refractivity contribution is -0.151. The van der Waals surface area contributed by atoms with Crippen LogP contribution in [0.2, 0.25) is 23.7 Å². The fraction of sp³-hybridized carbons (Fsp3) is 0.298. The van der Waals surface area contributed by atoms with E-state index < -0.39 is 19.8 Å². The molecule has 1 fully saturated rings. The summed E-state index contributed by atoms with van der Waals surface area (Å²) in [4.78, 5) is 47.5. The van der Waals surface area contributed by atoms with Gasteiger partial charge >= 0.3 is 0 Å². The van der Waals surface area contributed by atoms with Crippen molar-refractivity contribution in [2.24, 2.45) is 5.92 Å². The van der Waals surface area contributed by atoms with Gasteiger partial charge in [0.05, 0.1) is 52.6 Å². The molecular formula is C47H48ClN3O6Si. The van der Waals surface area contributed by atoms with Crippen LogP contribution in [0.3, 0.4) is 0 Å². The number of rotatable bonds is 11. The Kier molecular flexibility index (Phi) is 10.8. The van der Waals surface area contributed by atoms with Gasteiger partial charge in [0.2, 0.25) is 12.3 Å². The molecule has 0 aliphatic carbocycles. The van der Waals surface area contributed by atoms with Crippen molar-refractivity contribution in [3.05, 3.63) is 149 Å². The molecule has 0 radical (unpaired) electrons. The number of amides is 3. The minimum absolute atomic E-state index is 0.0498. The van der Waals surface area contributed by atoms with Crippen LogP contribution < -0.4 is 19.7 Å². The summed E-state index contributed by atoms with van der Waals surface area (Å²) >= 11 is 6.75. The maximum atomic E-state index is 15.4. The van der Waals surface area contributed by atoms with Crippen molar-refractivity contribution in [1.82, 2.24) is 4.90 Å². The van der Waals surface area contributed by atoms with Gasteiger partial charge in [-0.05, 0) is 83.2 Å². The van der Waals surface area contributed by atoms with Crippen molar-refractivity contribution in [2.75, 3.05) is 23.5 Å². The molecule has 0 unspecified atom stereocenters. The Hall–Kier alpha value is -5.26. The molecule has 0 saturated carbocycles. The normalized spacial score (nSPS) is 22.5. The molecule has 298 valence electrons. The number of nitrogens with zero attached hydrogens (tertiary/aromatic N) is 3. The Morgan fingerprint density at radius 3 is 2.36 bits per heavy atom. The standard InChI is InChI=1S/C47H48ClN3O6Si/c1-31-45(58(3,4)40-20-18-39(56-2)19-21-40)43(26-44(54)49-28-34-13-9-8-12-33(34)24-38(49)29-52)57-47(31)41-25-35(48)17-22-42(41)50(46(47)55)27-32-11-10-16-37(23-32)51(30-53)36-14-6-5-7-15-36/h5-23,25,30-31,38,43,45,52H,24,26-29H2,1-4H3/t31-,38+,43+,45-,47+/m1/s1. The molecule has 0 bridgehead atoms. The van der Waals surface area contributed by atoms with E-state index in [0.29, 0.717) is 34.9 Å². The fourth-order valence-corrected chi connectivity index (χ4v) is 14.0. The number of benzene rings is 5. The van der Waals surface area contributed by atoms with Crippen LogP contribution in [0.25, 0.3) is 0 Å². The molecule has 3 heterocycles. The number of aliphatic hydroxyl groups excluding tert-OH is 1. The molecule has 1 saturated heterocycles. The summed E-state index contributed by atoms with van der Waals surface area (Å²) in [6, 6.07) is 38.4. The van der Waals surface area contributed by atoms with Gasteiger partial charge in [0.1, 0.15) is 5.75 Å². The van der Waals surface area contributed by atoms with Crippen molar-refractivity contribution < 1.29 is 29.0 Å². The molecule has 5 aromatic rings. The molecule has 5 aromatic carbocycles. The third-order valence-corrected chi connectivity index (χ3v) is 17.3. The van der Waals surface area contributed by atoms with Gasteiger partial charge in [-0.2, -0.15) is 0 Å². The van der Waals surface area contributed by atoms with Gasteiger partial charge in [-0.25, -0.2) is 0 Å². The smallest absolute Gasteiger partial charge is 0.264 e. The molecular weight excluding hydrogens is 766 g/mol. The van der Waals surface area contributed by atoms with Gasteiger partial charge in [-0.3, -0.25) is 19.3 Å². The van der Waals surface area contributed by atoms with Crippen LogP contribution in [0.1, 0.15) is 35.6 Å². The van der Waals surface area contributed by atoms with E-state index in [4.69, 9.17) is 21.1 Å². The summed E-state index contributed by atoms with van der Waals surface area (Å²) in [6.45, 7) is 7.13. The van der Waals surface area contributed by atoms with Gasteiger partial charge in [-0.1, -0.05) is 104 Å². The summed E-state index contributed by atoms with van der Waals surface area (Å²) in [5.74, 6) is 0.0742. The third kappa shape index (κ3) is 6.81. The first kappa shape index (κ1) is 39.6. The van der Waals surface area contributed by atoms with Crippen molar-refractivity contribution in [3.8, 4) is 5.75 Å². The molecule has 58 heavy (non-hydrogen) atoms. The van der Waals surface area contributed by atoms with Crippen molar-refractivity contribution in [2.45, 2.75) is 69.2 Å². The SMILES string of the molecule is COc1ccc([Si](C)(C)[C@H]2[C@H](CC(=O)N3Cc4ccccc4C[C@H]3CO)O[C@@]3(C(=O)N(Cc4cccc(N(C=O)c5ccccc5)c4)c4ccc(Cl)cc43)[C@@H]2C)cc1. The van der Waals surface area contributed by atoms with E-state index in [1.165, 1.54) is 0 Å². The van der Waals surface area contributed by atoms with E-state index in [2.05, 4.69) is 38.2 Å². The van der Waals surface area contributed by atoms with Gasteiger partial charge in [0.25, 0.3) is 5.91 Å². The van der Waals surface area contributed by atoms with Crippen LogP contribution in [-0.2, 0) is 44.2 Å². The lowest BCUT2D eigenvalue weighted by Gasteiger charge is -2.39. The van der Waals surface area contributed by atoms with Crippen molar-refractivity contribution in [3.63, 3.8) is 0 Å². The number of anilines is 3. The predicted octanol–water partition coefficient (Wildman–Crippen LogP) is 7.74. The number of para-hydroxylation sites is 1. The Morgan fingerprint density at radius 1 is 0.948 bits per heavy atom. The monoisotopic (exact) mass is 813 g/mol. The number of methoxy groups -OCH3 is 1. The van der Waals surface area contributed by atoms with Crippen molar-refractivity contribution >= 4 is 60.1 Å². The average Bonchev–Trinajstić information content (AvgIpc) is 3.66. The minimum Gasteiger partial charge on any atom is -0.497 e. The number of hydrogen-bond acceptors (Lipinski definition) is 6. The highest BCUT2D eigenvalue weighted by molar-refractivity contribution is 6.91.